The second kappa shape index (κ2) is 8.08. The SMILES string of the molecule is CC(C)c1cc(C(=N)N(C(=N)C(N)=O)c2ccc(-n3ccnc3)cc2)c(O)cc1O. The van der Waals surface area contributed by atoms with Gasteiger partial charge in [-0.2, -0.15) is 0 Å². The zero-order chi connectivity index (χ0) is 22.0. The minimum Gasteiger partial charge on any atom is -0.508 e. The highest BCUT2D eigenvalue weighted by molar-refractivity contribution is 6.47. The molecule has 30 heavy (non-hydrogen) atoms. The van der Waals surface area contributed by atoms with Crippen LogP contribution in [-0.4, -0.2) is 37.3 Å². The summed E-state index contributed by atoms with van der Waals surface area (Å²) in [6.07, 6.45) is 5.03. The van der Waals surface area contributed by atoms with Crippen molar-refractivity contribution in [3.63, 3.8) is 0 Å². The molecule has 1 heterocycles. The molecule has 0 bridgehead atoms. The van der Waals surface area contributed by atoms with Gasteiger partial charge in [0.2, 0.25) is 0 Å². The number of imidazole rings is 1. The maximum absolute atomic E-state index is 11.8. The first-order valence-electron chi connectivity index (χ1n) is 9.12. The average Bonchev–Trinajstić information content (AvgIpc) is 3.23. The number of benzene rings is 2. The smallest absolute Gasteiger partial charge is 0.284 e. The van der Waals surface area contributed by atoms with Crippen LogP contribution in [0.15, 0.2) is 55.1 Å². The summed E-state index contributed by atoms with van der Waals surface area (Å²) in [4.78, 5) is 16.8. The van der Waals surface area contributed by atoms with E-state index in [4.69, 9.17) is 16.6 Å². The number of amides is 1. The topological polar surface area (TPSA) is 152 Å². The molecule has 0 aliphatic heterocycles. The molecule has 0 aliphatic rings. The molecular formula is C21H22N6O3. The van der Waals surface area contributed by atoms with Gasteiger partial charge in [-0.15, -0.1) is 0 Å². The summed E-state index contributed by atoms with van der Waals surface area (Å²) in [6, 6.07) is 9.35. The van der Waals surface area contributed by atoms with Gasteiger partial charge in [0, 0.05) is 29.8 Å². The summed E-state index contributed by atoms with van der Waals surface area (Å²) in [5, 5.41) is 37.1. The Balaban J connectivity index is 2.07. The molecule has 9 heteroatoms. The van der Waals surface area contributed by atoms with Gasteiger partial charge in [-0.1, -0.05) is 13.8 Å². The van der Waals surface area contributed by atoms with Gasteiger partial charge in [-0.05, 0) is 41.8 Å². The quantitative estimate of drug-likeness (QED) is 0.333. The number of carbonyl (C=O) groups is 1. The number of aromatic nitrogens is 2. The molecule has 2 aromatic carbocycles. The number of hydrogen-bond donors (Lipinski definition) is 5. The van der Waals surface area contributed by atoms with Crippen LogP contribution in [0.2, 0.25) is 0 Å². The fourth-order valence-corrected chi connectivity index (χ4v) is 3.03. The Morgan fingerprint density at radius 3 is 2.33 bits per heavy atom. The molecule has 1 amide bonds. The monoisotopic (exact) mass is 406 g/mol. The molecule has 0 spiro atoms. The van der Waals surface area contributed by atoms with E-state index in [1.54, 1.807) is 47.6 Å². The number of carbonyl (C=O) groups excluding carboxylic acids is 1. The molecule has 0 unspecified atom stereocenters. The lowest BCUT2D eigenvalue weighted by molar-refractivity contribution is -0.112. The van der Waals surface area contributed by atoms with E-state index < -0.39 is 11.7 Å². The number of nitrogens with zero attached hydrogens (tertiary/aromatic N) is 3. The molecule has 154 valence electrons. The number of rotatable bonds is 4. The van der Waals surface area contributed by atoms with Crippen molar-refractivity contribution in [2.45, 2.75) is 19.8 Å². The van der Waals surface area contributed by atoms with Crippen LogP contribution in [0.1, 0.15) is 30.9 Å². The molecule has 0 saturated heterocycles. The van der Waals surface area contributed by atoms with Crippen LogP contribution in [0.25, 0.3) is 5.69 Å². The van der Waals surface area contributed by atoms with Gasteiger partial charge in [-0.25, -0.2) is 4.98 Å². The van der Waals surface area contributed by atoms with Crippen LogP contribution < -0.4 is 10.6 Å². The molecule has 0 aliphatic carbocycles. The zero-order valence-corrected chi connectivity index (χ0v) is 16.5. The third-order valence-electron chi connectivity index (χ3n) is 4.61. The fraction of sp³-hybridized carbons (Fsp3) is 0.143. The van der Waals surface area contributed by atoms with E-state index in [1.807, 2.05) is 13.8 Å². The number of aromatic hydroxyl groups is 2. The Bertz CT molecular complexity index is 1100. The highest BCUT2D eigenvalue weighted by Crippen LogP contribution is 2.33. The summed E-state index contributed by atoms with van der Waals surface area (Å²) < 4.78 is 1.78. The van der Waals surface area contributed by atoms with Gasteiger partial charge in [0.15, 0.2) is 5.84 Å². The second-order valence-electron chi connectivity index (χ2n) is 6.97. The molecular weight excluding hydrogens is 384 g/mol. The van der Waals surface area contributed by atoms with Crippen LogP contribution in [0.5, 0.6) is 11.5 Å². The van der Waals surface area contributed by atoms with Crippen LogP contribution in [0.3, 0.4) is 0 Å². The van der Waals surface area contributed by atoms with Crippen molar-refractivity contribution < 1.29 is 15.0 Å². The highest BCUT2D eigenvalue weighted by Gasteiger charge is 2.26. The second-order valence-corrected chi connectivity index (χ2v) is 6.97. The molecule has 6 N–H and O–H groups in total. The van der Waals surface area contributed by atoms with Crippen molar-refractivity contribution in [3.05, 3.63) is 66.2 Å². The van der Waals surface area contributed by atoms with Gasteiger partial charge in [-0.3, -0.25) is 20.5 Å². The third kappa shape index (κ3) is 3.86. The molecule has 9 nitrogen and oxygen atoms in total. The Labute approximate surface area is 173 Å². The van der Waals surface area contributed by atoms with E-state index in [2.05, 4.69) is 4.98 Å². The average molecular weight is 406 g/mol. The first kappa shape index (κ1) is 20.6. The standard InChI is InChI=1S/C21H22N6O3/c1-12(2)15-9-16(18(29)10-17(15)28)19(22)27(20(23)21(24)30)14-5-3-13(4-6-14)26-8-7-25-11-26/h3-12,22-23,28-29H,1-2H3,(H2,24,30). The Morgan fingerprint density at radius 1 is 1.13 bits per heavy atom. The number of amidine groups is 2. The number of phenolic OH excluding ortho intramolecular Hbond substituents is 2. The Hall–Kier alpha value is -4.14. The maximum atomic E-state index is 11.8. The minimum absolute atomic E-state index is 0.0567. The molecule has 3 rings (SSSR count). The summed E-state index contributed by atoms with van der Waals surface area (Å²) in [5.74, 6) is -2.50. The van der Waals surface area contributed by atoms with E-state index in [0.717, 1.165) is 16.7 Å². The summed E-state index contributed by atoms with van der Waals surface area (Å²) in [5.41, 5.74) is 7.03. The highest BCUT2D eigenvalue weighted by atomic mass is 16.3. The Kier molecular flexibility index (Phi) is 5.54. The summed E-state index contributed by atoms with van der Waals surface area (Å²) in [6.45, 7) is 3.72. The number of primary amides is 1. The minimum atomic E-state index is -1.03. The van der Waals surface area contributed by atoms with E-state index in [-0.39, 0.29) is 28.8 Å². The van der Waals surface area contributed by atoms with Crippen LogP contribution >= 0.6 is 0 Å². The van der Waals surface area contributed by atoms with Crippen LogP contribution in [0.4, 0.5) is 5.69 Å². The first-order chi connectivity index (χ1) is 14.2. The van der Waals surface area contributed by atoms with Crippen molar-refractivity contribution in [1.29, 1.82) is 10.8 Å². The molecule has 0 radical (unpaired) electrons. The maximum Gasteiger partial charge on any atom is 0.284 e. The first-order valence-corrected chi connectivity index (χ1v) is 9.12. The lowest BCUT2D eigenvalue weighted by Gasteiger charge is -2.25. The van der Waals surface area contributed by atoms with Gasteiger partial charge < -0.3 is 20.5 Å². The summed E-state index contributed by atoms with van der Waals surface area (Å²) >= 11 is 0. The Morgan fingerprint density at radius 2 is 1.80 bits per heavy atom. The van der Waals surface area contributed by atoms with Crippen LogP contribution in [0, 0.1) is 10.8 Å². The predicted molar refractivity (Wildman–Crippen MR) is 114 cm³/mol. The zero-order valence-electron chi connectivity index (χ0n) is 16.5. The molecule has 0 fully saturated rings. The fourth-order valence-electron chi connectivity index (χ4n) is 3.03. The van der Waals surface area contributed by atoms with Crippen molar-refractivity contribution in [3.8, 4) is 17.2 Å². The molecule has 0 atom stereocenters. The van der Waals surface area contributed by atoms with E-state index >= 15 is 0 Å². The van der Waals surface area contributed by atoms with E-state index in [1.165, 1.54) is 6.07 Å². The van der Waals surface area contributed by atoms with Gasteiger partial charge in [0.25, 0.3) is 5.91 Å². The van der Waals surface area contributed by atoms with E-state index in [0.29, 0.717) is 11.3 Å². The van der Waals surface area contributed by atoms with E-state index in [9.17, 15) is 15.0 Å². The van der Waals surface area contributed by atoms with Gasteiger partial charge in [0.05, 0.1) is 11.9 Å². The van der Waals surface area contributed by atoms with Gasteiger partial charge >= 0.3 is 0 Å². The largest absolute Gasteiger partial charge is 0.508 e. The number of nitrogens with two attached hydrogens (primary N) is 1. The number of nitrogens with one attached hydrogen (secondary N) is 2. The molecule has 3 aromatic rings. The van der Waals surface area contributed by atoms with Crippen LogP contribution in [-0.2, 0) is 4.79 Å². The third-order valence-corrected chi connectivity index (χ3v) is 4.61. The van der Waals surface area contributed by atoms with Crippen molar-refractivity contribution in [2.75, 3.05) is 4.90 Å². The number of anilines is 1. The normalized spacial score (nSPS) is 10.8. The lowest BCUT2D eigenvalue weighted by Crippen LogP contribution is -2.44. The molecule has 1 aromatic heterocycles. The molecule has 0 saturated carbocycles. The lowest BCUT2D eigenvalue weighted by atomic mass is 9.98. The van der Waals surface area contributed by atoms with Crippen molar-refractivity contribution in [1.82, 2.24) is 9.55 Å². The number of phenols is 2. The predicted octanol–water partition coefficient (Wildman–Crippen LogP) is 2.70. The van der Waals surface area contributed by atoms with Crippen molar-refractivity contribution >= 4 is 23.3 Å². The van der Waals surface area contributed by atoms with Gasteiger partial charge in [0.1, 0.15) is 17.3 Å². The number of hydrogen-bond acceptors (Lipinski definition) is 6. The van der Waals surface area contributed by atoms with Crippen molar-refractivity contribution in [2.24, 2.45) is 5.73 Å². The summed E-state index contributed by atoms with van der Waals surface area (Å²) in [7, 11) is 0.